The molecule has 30 heavy (non-hydrogen) atoms. The second-order valence-electron chi connectivity index (χ2n) is 6.42. The molecule has 0 spiro atoms. The Morgan fingerprint density at radius 2 is 1.77 bits per heavy atom. The van der Waals surface area contributed by atoms with Crippen molar-refractivity contribution in [3.8, 4) is 11.5 Å². The highest BCUT2D eigenvalue weighted by Gasteiger charge is 2.18. The van der Waals surface area contributed by atoms with E-state index in [4.69, 9.17) is 25.8 Å². The Hall–Kier alpha value is -2.61. The molecule has 6 nitrogen and oxygen atoms in total. The molecule has 158 valence electrons. The molecule has 0 saturated carbocycles. The van der Waals surface area contributed by atoms with E-state index < -0.39 is 0 Å². The maximum Gasteiger partial charge on any atom is 0.254 e. The van der Waals surface area contributed by atoms with Crippen LogP contribution >= 0.6 is 22.9 Å². The maximum atomic E-state index is 13.0. The van der Waals surface area contributed by atoms with Gasteiger partial charge in [-0.2, -0.15) is 0 Å². The summed E-state index contributed by atoms with van der Waals surface area (Å²) in [5.41, 5.74) is 1.40. The molecule has 1 amide bonds. The summed E-state index contributed by atoms with van der Waals surface area (Å²) in [6, 6.07) is 14.3. The maximum absolute atomic E-state index is 13.0. The smallest absolute Gasteiger partial charge is 0.254 e. The topological polar surface area (TPSA) is 60.9 Å². The number of hydrogen-bond donors (Lipinski definition) is 0. The van der Waals surface area contributed by atoms with Crippen molar-refractivity contribution in [2.24, 2.45) is 0 Å². The lowest BCUT2D eigenvalue weighted by Gasteiger charge is -2.21. The lowest BCUT2D eigenvalue weighted by atomic mass is 10.2. The number of carbonyl (C=O) groups is 1. The number of benzene rings is 2. The normalized spacial score (nSPS) is 10.6. The fraction of sp³-hybridized carbons (Fsp3) is 0.273. The van der Waals surface area contributed by atoms with Crippen LogP contribution < -0.4 is 9.47 Å². The summed E-state index contributed by atoms with van der Waals surface area (Å²) in [4.78, 5) is 19.3. The van der Waals surface area contributed by atoms with Crippen LogP contribution in [0.15, 0.2) is 53.9 Å². The van der Waals surface area contributed by atoms with E-state index >= 15 is 0 Å². The first-order valence-corrected chi connectivity index (χ1v) is 10.6. The third-order valence-corrected chi connectivity index (χ3v) is 5.44. The average molecular weight is 447 g/mol. The average Bonchev–Trinajstić information content (AvgIpc) is 3.23. The minimum atomic E-state index is -0.0818. The number of carbonyl (C=O) groups excluding carboxylic acids is 1. The van der Waals surface area contributed by atoms with Gasteiger partial charge in [0, 0.05) is 29.6 Å². The van der Waals surface area contributed by atoms with Gasteiger partial charge in [0.1, 0.15) is 23.1 Å². The molecule has 0 bridgehead atoms. The number of nitrogens with zero attached hydrogens (tertiary/aromatic N) is 2. The first-order valence-electron chi connectivity index (χ1n) is 9.33. The highest BCUT2D eigenvalue weighted by molar-refractivity contribution is 7.09. The van der Waals surface area contributed by atoms with Crippen molar-refractivity contribution in [1.29, 1.82) is 0 Å². The van der Waals surface area contributed by atoms with Crippen LogP contribution in [0.4, 0.5) is 0 Å². The molecule has 0 saturated heterocycles. The third kappa shape index (κ3) is 6.19. The number of ether oxygens (including phenoxy) is 3. The van der Waals surface area contributed by atoms with E-state index in [1.807, 2.05) is 17.5 Å². The summed E-state index contributed by atoms with van der Waals surface area (Å²) in [6.45, 7) is 1.66. The van der Waals surface area contributed by atoms with Gasteiger partial charge >= 0.3 is 0 Å². The van der Waals surface area contributed by atoms with Crippen LogP contribution in [-0.4, -0.2) is 43.2 Å². The van der Waals surface area contributed by atoms with Gasteiger partial charge in [0.05, 0.1) is 26.0 Å². The Kier molecular flexibility index (Phi) is 8.07. The Balaban J connectivity index is 1.64. The van der Waals surface area contributed by atoms with Crippen LogP contribution in [-0.2, 0) is 17.9 Å². The number of thiazole rings is 1. The summed E-state index contributed by atoms with van der Waals surface area (Å²) in [5, 5.41) is 3.45. The molecule has 0 atom stereocenters. The van der Waals surface area contributed by atoms with Gasteiger partial charge < -0.3 is 19.1 Å². The monoisotopic (exact) mass is 446 g/mol. The van der Waals surface area contributed by atoms with Crippen LogP contribution in [0.3, 0.4) is 0 Å². The van der Waals surface area contributed by atoms with Crippen molar-refractivity contribution in [2.75, 3.05) is 27.4 Å². The lowest BCUT2D eigenvalue weighted by Crippen LogP contribution is -2.33. The molecular formula is C22H23ClN2O4S. The predicted octanol–water partition coefficient (Wildman–Crippen LogP) is 4.67. The van der Waals surface area contributed by atoms with Crippen molar-refractivity contribution >= 4 is 28.8 Å². The Morgan fingerprint density at radius 1 is 1.07 bits per heavy atom. The minimum absolute atomic E-state index is 0.0818. The van der Waals surface area contributed by atoms with Gasteiger partial charge in [-0.3, -0.25) is 4.79 Å². The highest BCUT2D eigenvalue weighted by atomic mass is 35.5. The molecule has 0 aliphatic carbocycles. The van der Waals surface area contributed by atoms with Gasteiger partial charge in [-0.25, -0.2) is 4.98 Å². The zero-order chi connectivity index (χ0) is 21.3. The summed E-state index contributed by atoms with van der Waals surface area (Å²) >= 11 is 7.39. The van der Waals surface area contributed by atoms with E-state index in [0.717, 1.165) is 16.5 Å². The number of halogens is 1. The Labute approximate surface area is 185 Å². The molecule has 0 radical (unpaired) electrons. The fourth-order valence-electron chi connectivity index (χ4n) is 2.73. The predicted molar refractivity (Wildman–Crippen MR) is 118 cm³/mol. The standard InChI is InChI=1S/C22H23ClN2O4S/c1-27-12-11-25(22(26)16-3-7-19(28-2)8-4-16)13-18-15-30-21(24-18)14-29-20-9-5-17(23)6-10-20/h3-10,15H,11-14H2,1-2H3. The van der Waals surface area contributed by atoms with Crippen molar-refractivity contribution in [3.05, 3.63) is 75.2 Å². The molecule has 1 heterocycles. The molecule has 0 fully saturated rings. The molecule has 3 rings (SSSR count). The molecule has 0 unspecified atom stereocenters. The summed E-state index contributed by atoms with van der Waals surface area (Å²) in [7, 11) is 3.21. The molecule has 1 aromatic heterocycles. The summed E-state index contributed by atoms with van der Waals surface area (Å²) < 4.78 is 16.1. The van der Waals surface area contributed by atoms with Gasteiger partial charge in [-0.15, -0.1) is 11.3 Å². The molecule has 3 aromatic rings. The molecular weight excluding hydrogens is 424 g/mol. The SMILES string of the molecule is COCCN(Cc1csc(COc2ccc(Cl)cc2)n1)C(=O)c1ccc(OC)cc1. The Bertz CT molecular complexity index is 945. The fourth-order valence-corrected chi connectivity index (χ4v) is 3.55. The first kappa shape index (κ1) is 22.1. The van der Waals surface area contributed by atoms with Crippen molar-refractivity contribution < 1.29 is 19.0 Å². The van der Waals surface area contributed by atoms with Gasteiger partial charge in [0.2, 0.25) is 0 Å². The van der Waals surface area contributed by atoms with E-state index in [-0.39, 0.29) is 5.91 Å². The van der Waals surface area contributed by atoms with Crippen LogP contribution in [0.2, 0.25) is 5.02 Å². The minimum Gasteiger partial charge on any atom is -0.497 e. The zero-order valence-corrected chi connectivity index (χ0v) is 18.4. The van der Waals surface area contributed by atoms with Gasteiger partial charge in [-0.05, 0) is 48.5 Å². The Morgan fingerprint density at radius 3 is 2.43 bits per heavy atom. The number of hydrogen-bond acceptors (Lipinski definition) is 6. The van der Waals surface area contributed by atoms with Crippen LogP contribution in [0.5, 0.6) is 11.5 Å². The number of aromatic nitrogens is 1. The molecule has 8 heteroatoms. The van der Waals surface area contributed by atoms with Crippen LogP contribution in [0.1, 0.15) is 21.1 Å². The third-order valence-electron chi connectivity index (χ3n) is 4.32. The highest BCUT2D eigenvalue weighted by Crippen LogP contribution is 2.20. The van der Waals surface area contributed by atoms with E-state index in [2.05, 4.69) is 4.98 Å². The van der Waals surface area contributed by atoms with E-state index in [9.17, 15) is 4.79 Å². The first-order chi connectivity index (χ1) is 14.6. The number of rotatable bonds is 10. The molecule has 0 aliphatic rings. The van der Waals surface area contributed by atoms with Crippen LogP contribution in [0, 0.1) is 0 Å². The summed E-state index contributed by atoms with van der Waals surface area (Å²) in [6.07, 6.45) is 0. The second-order valence-corrected chi connectivity index (χ2v) is 7.80. The molecule has 0 aliphatic heterocycles. The van der Waals surface area contributed by atoms with Gasteiger partial charge in [-0.1, -0.05) is 11.6 Å². The molecule has 0 N–H and O–H groups in total. The van der Waals surface area contributed by atoms with E-state index in [1.165, 1.54) is 11.3 Å². The lowest BCUT2D eigenvalue weighted by molar-refractivity contribution is 0.0678. The van der Waals surface area contributed by atoms with Crippen molar-refractivity contribution in [2.45, 2.75) is 13.2 Å². The van der Waals surface area contributed by atoms with Gasteiger partial charge in [0.15, 0.2) is 0 Å². The van der Waals surface area contributed by atoms with Crippen molar-refractivity contribution in [3.63, 3.8) is 0 Å². The van der Waals surface area contributed by atoms with E-state index in [0.29, 0.717) is 42.6 Å². The number of methoxy groups -OCH3 is 2. The van der Waals surface area contributed by atoms with Crippen molar-refractivity contribution in [1.82, 2.24) is 9.88 Å². The molecule has 2 aromatic carbocycles. The quantitative estimate of drug-likeness (QED) is 0.452. The summed E-state index contributed by atoms with van der Waals surface area (Å²) in [5.74, 6) is 1.36. The van der Waals surface area contributed by atoms with Crippen LogP contribution in [0.25, 0.3) is 0 Å². The van der Waals surface area contributed by atoms with E-state index in [1.54, 1.807) is 55.5 Å². The van der Waals surface area contributed by atoms with Gasteiger partial charge in [0.25, 0.3) is 5.91 Å². The number of amides is 1. The second kappa shape index (κ2) is 11.0. The zero-order valence-electron chi connectivity index (χ0n) is 16.8. The largest absolute Gasteiger partial charge is 0.497 e.